The summed E-state index contributed by atoms with van der Waals surface area (Å²) in [5.41, 5.74) is 2.32. The Morgan fingerprint density at radius 1 is 1.41 bits per heavy atom. The third-order valence-electron chi connectivity index (χ3n) is 2.20. The molecule has 0 bridgehead atoms. The Morgan fingerprint density at radius 3 is 2.71 bits per heavy atom. The summed E-state index contributed by atoms with van der Waals surface area (Å²) in [4.78, 5) is 23.7. The second kappa shape index (κ2) is 6.00. The van der Waals surface area contributed by atoms with Crippen molar-refractivity contribution >= 4 is 23.7 Å². The van der Waals surface area contributed by atoms with Gasteiger partial charge in [0.1, 0.15) is 0 Å². The molecule has 2 N–H and O–H groups in total. The number of nitrogens with zero attached hydrogens (tertiary/aromatic N) is 1. The van der Waals surface area contributed by atoms with E-state index in [9.17, 15) is 9.59 Å². The van der Waals surface area contributed by atoms with Gasteiger partial charge in [-0.15, -0.1) is 0 Å². The van der Waals surface area contributed by atoms with Crippen LogP contribution in [0.3, 0.4) is 0 Å². The molecule has 5 nitrogen and oxygen atoms in total. The van der Waals surface area contributed by atoms with Crippen LogP contribution in [0, 0.1) is 6.92 Å². The van der Waals surface area contributed by atoms with Crippen molar-refractivity contribution in [2.75, 3.05) is 31.3 Å². The van der Waals surface area contributed by atoms with E-state index in [-0.39, 0.29) is 5.91 Å². The fourth-order valence-electron chi connectivity index (χ4n) is 1.39. The van der Waals surface area contributed by atoms with Gasteiger partial charge in [-0.3, -0.25) is 9.59 Å². The van der Waals surface area contributed by atoms with Crippen LogP contribution in [0.5, 0.6) is 0 Å². The first-order chi connectivity index (χ1) is 8.02. The van der Waals surface area contributed by atoms with Crippen molar-refractivity contribution in [3.05, 3.63) is 23.8 Å². The van der Waals surface area contributed by atoms with Crippen molar-refractivity contribution in [2.45, 2.75) is 6.92 Å². The quantitative estimate of drug-likeness (QED) is 0.750. The Morgan fingerprint density at radius 2 is 2.12 bits per heavy atom. The molecular weight excluding hydrogens is 218 g/mol. The van der Waals surface area contributed by atoms with Gasteiger partial charge >= 0.3 is 0 Å². The van der Waals surface area contributed by atoms with E-state index in [1.165, 1.54) is 0 Å². The van der Waals surface area contributed by atoms with Crippen molar-refractivity contribution in [2.24, 2.45) is 0 Å². The fourth-order valence-corrected chi connectivity index (χ4v) is 1.39. The first-order valence-corrected chi connectivity index (χ1v) is 5.28. The van der Waals surface area contributed by atoms with Gasteiger partial charge in [0.05, 0.1) is 6.54 Å². The average molecular weight is 235 g/mol. The van der Waals surface area contributed by atoms with Gasteiger partial charge in [0.15, 0.2) is 0 Å². The van der Waals surface area contributed by atoms with Gasteiger partial charge in [-0.2, -0.15) is 0 Å². The second-order valence-electron chi connectivity index (χ2n) is 4.08. The molecule has 0 aliphatic heterocycles. The summed E-state index contributed by atoms with van der Waals surface area (Å²) in [6.07, 6.45) is 0.607. The molecule has 0 spiro atoms. The van der Waals surface area contributed by atoms with Crippen LogP contribution < -0.4 is 10.6 Å². The van der Waals surface area contributed by atoms with Crippen LogP contribution in [0.4, 0.5) is 11.4 Å². The highest BCUT2D eigenvalue weighted by Gasteiger charge is 2.06. The molecule has 0 fully saturated rings. The van der Waals surface area contributed by atoms with Crippen LogP contribution in [0.25, 0.3) is 0 Å². The summed E-state index contributed by atoms with van der Waals surface area (Å²) in [6, 6.07) is 5.36. The predicted octanol–water partition coefficient (Wildman–Crippen LogP) is 1.06. The third kappa shape index (κ3) is 4.24. The number of amides is 2. The number of anilines is 2. The molecule has 2 amide bonds. The zero-order chi connectivity index (χ0) is 12.8. The van der Waals surface area contributed by atoms with Gasteiger partial charge < -0.3 is 15.5 Å². The Kier molecular flexibility index (Phi) is 4.66. The molecule has 17 heavy (non-hydrogen) atoms. The lowest BCUT2D eigenvalue weighted by Crippen LogP contribution is -2.27. The summed E-state index contributed by atoms with van der Waals surface area (Å²) < 4.78 is 0. The smallest absolute Gasteiger partial charge is 0.238 e. The maximum atomic E-state index is 11.6. The van der Waals surface area contributed by atoms with Gasteiger partial charge in [0.25, 0.3) is 0 Å². The minimum atomic E-state index is -0.0821. The monoisotopic (exact) mass is 235 g/mol. The number of rotatable bonds is 5. The van der Waals surface area contributed by atoms with Crippen molar-refractivity contribution in [3.8, 4) is 0 Å². The Bertz CT molecular complexity index is 416. The number of carbonyl (C=O) groups excluding carboxylic acids is 2. The molecule has 0 unspecified atom stereocenters. The number of aryl methyl sites for hydroxylation is 1. The minimum absolute atomic E-state index is 0.0821. The van der Waals surface area contributed by atoms with Crippen molar-refractivity contribution < 1.29 is 9.59 Å². The number of nitrogens with one attached hydrogen (secondary N) is 2. The van der Waals surface area contributed by atoms with Crippen LogP contribution in [-0.2, 0) is 9.59 Å². The highest BCUT2D eigenvalue weighted by molar-refractivity contribution is 5.93. The topological polar surface area (TPSA) is 61.4 Å². The van der Waals surface area contributed by atoms with Crippen molar-refractivity contribution in [1.29, 1.82) is 0 Å². The molecule has 0 saturated carbocycles. The predicted molar refractivity (Wildman–Crippen MR) is 68.0 cm³/mol. The molecule has 0 atom stereocenters. The van der Waals surface area contributed by atoms with Crippen LogP contribution in [0.15, 0.2) is 18.2 Å². The van der Waals surface area contributed by atoms with Crippen LogP contribution in [0.1, 0.15) is 5.56 Å². The molecule has 0 aliphatic carbocycles. The molecular formula is C12H17N3O2. The molecule has 1 aromatic carbocycles. The summed E-state index contributed by atoms with van der Waals surface area (Å²) in [5.74, 6) is -0.0821. The summed E-state index contributed by atoms with van der Waals surface area (Å²) in [6.45, 7) is 2.22. The van der Waals surface area contributed by atoms with E-state index in [2.05, 4.69) is 10.6 Å². The van der Waals surface area contributed by atoms with E-state index in [4.69, 9.17) is 0 Å². The summed E-state index contributed by atoms with van der Waals surface area (Å²) in [5, 5.41) is 5.35. The number of carbonyl (C=O) groups is 2. The lowest BCUT2D eigenvalue weighted by Gasteiger charge is -2.12. The van der Waals surface area contributed by atoms with Gasteiger partial charge in [-0.05, 0) is 38.7 Å². The van der Waals surface area contributed by atoms with E-state index in [0.717, 1.165) is 5.56 Å². The molecule has 5 heteroatoms. The maximum Gasteiger partial charge on any atom is 0.238 e. The van der Waals surface area contributed by atoms with Crippen LogP contribution in [-0.4, -0.2) is 37.9 Å². The van der Waals surface area contributed by atoms with E-state index in [0.29, 0.717) is 24.3 Å². The lowest BCUT2D eigenvalue weighted by molar-refractivity contribution is -0.116. The second-order valence-corrected chi connectivity index (χ2v) is 4.08. The van der Waals surface area contributed by atoms with Gasteiger partial charge in [-0.25, -0.2) is 0 Å². The Hall–Kier alpha value is -1.88. The van der Waals surface area contributed by atoms with Gasteiger partial charge in [-0.1, -0.05) is 6.07 Å². The highest BCUT2D eigenvalue weighted by atomic mass is 16.2. The standard InChI is InChI=1S/C12H17N3O2/c1-9-4-5-10(13-8-16)6-11(9)14-12(17)7-15(2)3/h4-6,8H,7H2,1-3H3,(H,13,16)(H,14,17). The Labute approximate surface area is 101 Å². The maximum absolute atomic E-state index is 11.6. The number of hydrogen-bond acceptors (Lipinski definition) is 3. The van der Waals surface area contributed by atoms with Crippen molar-refractivity contribution in [1.82, 2.24) is 4.90 Å². The van der Waals surface area contributed by atoms with Crippen molar-refractivity contribution in [3.63, 3.8) is 0 Å². The summed E-state index contributed by atoms with van der Waals surface area (Å²) >= 11 is 0. The normalized spacial score (nSPS) is 10.1. The average Bonchev–Trinajstić information content (AvgIpc) is 2.22. The number of benzene rings is 1. The molecule has 0 aromatic heterocycles. The third-order valence-corrected chi connectivity index (χ3v) is 2.20. The first kappa shape index (κ1) is 13.2. The fraction of sp³-hybridized carbons (Fsp3) is 0.333. The number of likely N-dealkylation sites (N-methyl/N-ethyl adjacent to an activating group) is 1. The SMILES string of the molecule is Cc1ccc(NC=O)cc1NC(=O)CN(C)C. The van der Waals surface area contributed by atoms with E-state index in [1.54, 1.807) is 17.0 Å². The molecule has 1 aromatic rings. The van der Waals surface area contributed by atoms with Crippen LogP contribution in [0.2, 0.25) is 0 Å². The molecule has 92 valence electrons. The zero-order valence-electron chi connectivity index (χ0n) is 10.3. The first-order valence-electron chi connectivity index (χ1n) is 5.28. The Balaban J connectivity index is 2.78. The number of hydrogen-bond donors (Lipinski definition) is 2. The van der Waals surface area contributed by atoms with E-state index >= 15 is 0 Å². The minimum Gasteiger partial charge on any atom is -0.329 e. The van der Waals surface area contributed by atoms with Gasteiger partial charge in [0, 0.05) is 11.4 Å². The molecule has 0 aliphatic rings. The molecule has 0 saturated heterocycles. The molecule has 1 rings (SSSR count). The lowest BCUT2D eigenvalue weighted by atomic mass is 10.2. The van der Waals surface area contributed by atoms with E-state index in [1.807, 2.05) is 27.1 Å². The molecule has 0 radical (unpaired) electrons. The molecule has 0 heterocycles. The highest BCUT2D eigenvalue weighted by Crippen LogP contribution is 2.19. The largest absolute Gasteiger partial charge is 0.329 e. The zero-order valence-corrected chi connectivity index (χ0v) is 10.3. The summed E-state index contributed by atoms with van der Waals surface area (Å²) in [7, 11) is 3.66. The van der Waals surface area contributed by atoms with Crippen LogP contribution >= 0.6 is 0 Å². The van der Waals surface area contributed by atoms with Gasteiger partial charge in [0.2, 0.25) is 12.3 Å². The van der Waals surface area contributed by atoms with E-state index < -0.39 is 0 Å².